The Hall–Kier alpha value is -3.61. The minimum atomic E-state index is -5.00. The van der Waals surface area contributed by atoms with Gasteiger partial charge in [0, 0.05) is 18.7 Å². The van der Waals surface area contributed by atoms with Crippen LogP contribution in [0.2, 0.25) is 5.02 Å². The summed E-state index contributed by atoms with van der Waals surface area (Å²) in [5.74, 6) is -2.26. The Morgan fingerprint density at radius 1 is 1.00 bits per heavy atom. The van der Waals surface area contributed by atoms with Crippen LogP contribution in [-0.4, -0.2) is 36.3 Å². The van der Waals surface area contributed by atoms with Gasteiger partial charge in [-0.2, -0.15) is 30.7 Å². The summed E-state index contributed by atoms with van der Waals surface area (Å²) in [4.78, 5) is 16.8. The number of halogens is 9. The van der Waals surface area contributed by atoms with E-state index in [2.05, 4.69) is 15.0 Å². The zero-order chi connectivity index (χ0) is 28.1. The van der Waals surface area contributed by atoms with E-state index >= 15 is 0 Å². The molecule has 2 N–H and O–H groups in total. The Morgan fingerprint density at radius 3 is 2.26 bits per heavy atom. The molecule has 0 bridgehead atoms. The Kier molecular flexibility index (Phi) is 8.70. The fraction of sp³-hybridized carbons (Fsp3) is 0.250. The van der Waals surface area contributed by atoms with Crippen LogP contribution in [0.25, 0.3) is 0 Å². The van der Waals surface area contributed by atoms with Gasteiger partial charge in [-0.25, -0.2) is 9.18 Å². The topological polar surface area (TPSA) is 63.2 Å². The maximum atomic E-state index is 14.7. The standard InChI is InChI=1S/C24H18ClF8N3O2/c25-16-6-7-19(34-12-16)22(11-14-4-2-1-3-5-14,36-21(37)35-13-23(29,30)31)15-8-17(26)10-18(9-15)38-24(32,33)20(27)28/h1-10,12,20H,11,13H2,(H2,35,36,37)/t22-/m0/s1. The molecule has 3 aromatic rings. The van der Waals surface area contributed by atoms with Gasteiger partial charge >= 0.3 is 24.7 Å². The van der Waals surface area contributed by atoms with Gasteiger partial charge in [0.15, 0.2) is 0 Å². The number of hydrogen-bond donors (Lipinski definition) is 2. The zero-order valence-corrected chi connectivity index (χ0v) is 19.8. The largest absolute Gasteiger partial charge is 0.461 e. The summed E-state index contributed by atoms with van der Waals surface area (Å²) < 4.78 is 110. The minimum absolute atomic E-state index is 0.0925. The van der Waals surface area contributed by atoms with Crippen LogP contribution in [0.3, 0.4) is 0 Å². The Morgan fingerprint density at radius 2 is 1.68 bits per heavy atom. The molecule has 0 aliphatic heterocycles. The second-order valence-corrected chi connectivity index (χ2v) is 8.43. The molecule has 1 atom stereocenters. The molecule has 0 spiro atoms. The molecule has 0 saturated carbocycles. The first kappa shape index (κ1) is 29.0. The maximum Gasteiger partial charge on any atom is 0.461 e. The maximum absolute atomic E-state index is 14.7. The summed E-state index contributed by atoms with van der Waals surface area (Å²) in [5, 5.41) is 4.08. The van der Waals surface area contributed by atoms with Crippen molar-refractivity contribution in [1.29, 1.82) is 0 Å². The lowest BCUT2D eigenvalue weighted by atomic mass is 9.80. The van der Waals surface area contributed by atoms with Crippen molar-refractivity contribution in [2.24, 2.45) is 0 Å². The van der Waals surface area contributed by atoms with E-state index in [-0.39, 0.29) is 22.7 Å². The Balaban J connectivity index is 2.21. The summed E-state index contributed by atoms with van der Waals surface area (Å²) in [7, 11) is 0. The van der Waals surface area contributed by atoms with Gasteiger partial charge in [0.1, 0.15) is 23.7 Å². The van der Waals surface area contributed by atoms with Crippen LogP contribution in [-0.2, 0) is 12.0 Å². The average Bonchev–Trinajstić information content (AvgIpc) is 2.82. The molecule has 0 fully saturated rings. The van der Waals surface area contributed by atoms with E-state index in [1.165, 1.54) is 12.1 Å². The van der Waals surface area contributed by atoms with Gasteiger partial charge in [0.2, 0.25) is 0 Å². The smallest absolute Gasteiger partial charge is 0.428 e. The first-order valence-corrected chi connectivity index (χ1v) is 11.0. The predicted octanol–water partition coefficient (Wildman–Crippen LogP) is 6.46. The molecule has 0 saturated heterocycles. The Labute approximate surface area is 215 Å². The number of nitrogens with zero attached hydrogens (tertiary/aromatic N) is 1. The number of carbonyl (C=O) groups is 1. The lowest BCUT2D eigenvalue weighted by Crippen LogP contribution is -2.53. The van der Waals surface area contributed by atoms with Crippen molar-refractivity contribution < 1.29 is 44.7 Å². The molecule has 14 heteroatoms. The van der Waals surface area contributed by atoms with Gasteiger partial charge in [0.25, 0.3) is 0 Å². The first-order chi connectivity index (χ1) is 17.7. The number of alkyl halides is 7. The number of ether oxygens (including phenoxy) is 1. The van der Waals surface area contributed by atoms with Crippen molar-refractivity contribution in [1.82, 2.24) is 15.6 Å². The van der Waals surface area contributed by atoms with Crippen LogP contribution in [0.5, 0.6) is 5.75 Å². The third-order valence-electron chi connectivity index (χ3n) is 5.13. The molecule has 0 unspecified atom stereocenters. The molecule has 1 heterocycles. The number of urea groups is 1. The molecule has 1 aromatic heterocycles. The summed E-state index contributed by atoms with van der Waals surface area (Å²) in [6, 6.07) is 11.1. The summed E-state index contributed by atoms with van der Waals surface area (Å²) >= 11 is 5.90. The van der Waals surface area contributed by atoms with E-state index in [1.54, 1.807) is 35.6 Å². The SMILES string of the molecule is O=C(NCC(F)(F)F)N[C@@](Cc1ccccc1)(c1cc(F)cc(OC(F)(F)C(F)F)c1)c1ccc(Cl)cn1. The van der Waals surface area contributed by atoms with Gasteiger partial charge in [-0.05, 0) is 35.4 Å². The average molecular weight is 568 g/mol. The van der Waals surface area contributed by atoms with E-state index in [0.29, 0.717) is 11.6 Å². The molecule has 3 rings (SSSR count). The Bertz CT molecular complexity index is 1240. The highest BCUT2D eigenvalue weighted by Gasteiger charge is 2.45. The van der Waals surface area contributed by atoms with Crippen molar-refractivity contribution in [3.63, 3.8) is 0 Å². The van der Waals surface area contributed by atoms with Crippen LogP contribution in [0.1, 0.15) is 16.8 Å². The molecule has 2 amide bonds. The van der Waals surface area contributed by atoms with Crippen molar-refractivity contribution in [2.45, 2.75) is 30.7 Å². The summed E-state index contributed by atoms with van der Waals surface area (Å²) in [6.45, 7) is -1.73. The number of aromatic nitrogens is 1. The zero-order valence-electron chi connectivity index (χ0n) is 19.0. The van der Waals surface area contributed by atoms with Gasteiger partial charge in [-0.1, -0.05) is 41.9 Å². The fourth-order valence-electron chi connectivity index (χ4n) is 3.54. The van der Waals surface area contributed by atoms with Crippen LogP contribution in [0.4, 0.5) is 39.9 Å². The van der Waals surface area contributed by atoms with Crippen LogP contribution < -0.4 is 15.4 Å². The van der Waals surface area contributed by atoms with Crippen molar-refractivity contribution in [2.75, 3.05) is 6.54 Å². The highest BCUT2D eigenvalue weighted by Crippen LogP contribution is 2.37. The van der Waals surface area contributed by atoms with Crippen molar-refractivity contribution in [3.8, 4) is 5.75 Å². The molecule has 2 aromatic carbocycles. The molecule has 0 aliphatic carbocycles. The number of nitrogens with one attached hydrogen (secondary N) is 2. The van der Waals surface area contributed by atoms with E-state index in [0.717, 1.165) is 18.3 Å². The van der Waals surface area contributed by atoms with Crippen molar-refractivity contribution in [3.05, 3.63) is 94.5 Å². The van der Waals surface area contributed by atoms with Crippen LogP contribution in [0.15, 0.2) is 66.9 Å². The molecule has 204 valence electrons. The van der Waals surface area contributed by atoms with E-state index in [1.807, 2.05) is 0 Å². The number of pyridine rings is 1. The first-order valence-electron chi connectivity index (χ1n) is 10.6. The number of carbonyl (C=O) groups excluding carboxylic acids is 1. The molecular formula is C24H18ClF8N3O2. The fourth-order valence-corrected chi connectivity index (χ4v) is 3.65. The van der Waals surface area contributed by atoms with Crippen LogP contribution >= 0.6 is 11.6 Å². The highest BCUT2D eigenvalue weighted by atomic mass is 35.5. The normalized spacial score (nSPS) is 13.6. The third-order valence-corrected chi connectivity index (χ3v) is 5.35. The quantitative estimate of drug-likeness (QED) is 0.292. The predicted molar refractivity (Wildman–Crippen MR) is 121 cm³/mol. The van der Waals surface area contributed by atoms with Crippen LogP contribution in [0, 0.1) is 5.82 Å². The number of amides is 2. The number of benzene rings is 2. The van der Waals surface area contributed by atoms with E-state index in [4.69, 9.17) is 11.6 Å². The van der Waals surface area contributed by atoms with Gasteiger partial charge < -0.3 is 15.4 Å². The molecular weight excluding hydrogens is 550 g/mol. The molecule has 5 nitrogen and oxygen atoms in total. The lowest BCUT2D eigenvalue weighted by molar-refractivity contribution is -0.253. The monoisotopic (exact) mass is 567 g/mol. The minimum Gasteiger partial charge on any atom is -0.428 e. The number of hydrogen-bond acceptors (Lipinski definition) is 3. The molecule has 0 radical (unpaired) electrons. The lowest BCUT2D eigenvalue weighted by Gasteiger charge is -2.36. The van der Waals surface area contributed by atoms with Crippen molar-refractivity contribution >= 4 is 17.6 Å². The second kappa shape index (κ2) is 11.4. The van der Waals surface area contributed by atoms with Gasteiger partial charge in [-0.15, -0.1) is 0 Å². The molecule has 38 heavy (non-hydrogen) atoms. The molecule has 0 aliphatic rings. The third kappa shape index (κ3) is 7.46. The summed E-state index contributed by atoms with van der Waals surface area (Å²) in [5.41, 5.74) is -2.02. The van der Waals surface area contributed by atoms with Gasteiger partial charge in [-0.3, -0.25) is 4.98 Å². The van der Waals surface area contributed by atoms with Gasteiger partial charge in [0.05, 0.1) is 10.7 Å². The summed E-state index contributed by atoms with van der Waals surface area (Å²) in [6.07, 6.45) is -13.2. The highest BCUT2D eigenvalue weighted by molar-refractivity contribution is 6.30. The number of rotatable bonds is 9. The van der Waals surface area contributed by atoms with E-state index in [9.17, 15) is 39.9 Å². The van der Waals surface area contributed by atoms with E-state index < -0.39 is 48.4 Å². The second-order valence-electron chi connectivity index (χ2n) is 7.99.